The second kappa shape index (κ2) is 2.62. The van der Waals surface area contributed by atoms with Crippen molar-refractivity contribution in [3.63, 3.8) is 0 Å². The van der Waals surface area contributed by atoms with Crippen LogP contribution in [-0.4, -0.2) is 17.9 Å². The first-order valence-electron chi connectivity index (χ1n) is 4.03. The Kier molecular flexibility index (Phi) is 1.60. The molecular formula is C8H10N2O2. The molecule has 12 heavy (non-hydrogen) atoms. The van der Waals surface area contributed by atoms with Crippen molar-refractivity contribution in [2.45, 2.75) is 19.0 Å². The molecule has 2 aliphatic rings. The molecule has 0 aromatic carbocycles. The van der Waals surface area contributed by atoms with Gasteiger partial charge in [-0.3, -0.25) is 9.59 Å². The normalized spacial score (nSPS) is 33.7. The van der Waals surface area contributed by atoms with Gasteiger partial charge in [-0.1, -0.05) is 0 Å². The number of hydrogen-bond donors (Lipinski definition) is 2. The molecule has 4 nitrogen and oxygen atoms in total. The molecule has 1 fully saturated rings. The van der Waals surface area contributed by atoms with Crippen LogP contribution in [0.5, 0.6) is 0 Å². The van der Waals surface area contributed by atoms with Gasteiger partial charge in [0.05, 0.1) is 5.92 Å². The van der Waals surface area contributed by atoms with E-state index >= 15 is 0 Å². The number of fused-ring (bicyclic) bond motifs is 1. The van der Waals surface area contributed by atoms with Gasteiger partial charge in [-0.25, -0.2) is 0 Å². The zero-order valence-corrected chi connectivity index (χ0v) is 6.54. The summed E-state index contributed by atoms with van der Waals surface area (Å²) in [6.07, 6.45) is 4.06. The summed E-state index contributed by atoms with van der Waals surface area (Å²) in [5.41, 5.74) is 0. The molecule has 0 saturated carbocycles. The van der Waals surface area contributed by atoms with Crippen molar-refractivity contribution in [3.05, 3.63) is 12.3 Å². The number of ketones is 1. The number of carbonyl (C=O) groups is 2. The van der Waals surface area contributed by atoms with Crippen LogP contribution in [0.4, 0.5) is 0 Å². The maximum atomic E-state index is 11.3. The van der Waals surface area contributed by atoms with E-state index in [0.29, 0.717) is 12.8 Å². The van der Waals surface area contributed by atoms with Gasteiger partial charge in [-0.15, -0.1) is 0 Å². The van der Waals surface area contributed by atoms with Crippen LogP contribution in [0.3, 0.4) is 0 Å². The van der Waals surface area contributed by atoms with Gasteiger partial charge in [0.1, 0.15) is 6.17 Å². The second-order valence-corrected chi connectivity index (χ2v) is 3.09. The highest BCUT2D eigenvalue weighted by Gasteiger charge is 2.33. The minimum absolute atomic E-state index is 0.0202. The van der Waals surface area contributed by atoms with Crippen LogP contribution >= 0.6 is 0 Å². The summed E-state index contributed by atoms with van der Waals surface area (Å²) in [5.74, 6) is 0.0679. The molecule has 0 radical (unpaired) electrons. The molecule has 64 valence electrons. The van der Waals surface area contributed by atoms with Crippen molar-refractivity contribution >= 4 is 11.7 Å². The average molecular weight is 166 g/mol. The standard InChI is InChI=1S/C8H10N2O2/c11-6-3-4-9-8-5(6)1-2-7(12)10-8/h3-5,8-9H,1-2H2,(H,10,12). The third kappa shape index (κ3) is 1.09. The fraction of sp³-hybridized carbons (Fsp3) is 0.500. The topological polar surface area (TPSA) is 58.2 Å². The quantitative estimate of drug-likeness (QED) is 0.511. The van der Waals surface area contributed by atoms with Crippen molar-refractivity contribution in [1.82, 2.24) is 10.6 Å². The Morgan fingerprint density at radius 3 is 3.08 bits per heavy atom. The van der Waals surface area contributed by atoms with Gasteiger partial charge in [0.15, 0.2) is 5.78 Å². The van der Waals surface area contributed by atoms with Crippen LogP contribution in [0.15, 0.2) is 12.3 Å². The van der Waals surface area contributed by atoms with E-state index in [4.69, 9.17) is 0 Å². The van der Waals surface area contributed by atoms with E-state index in [1.807, 2.05) is 0 Å². The third-order valence-corrected chi connectivity index (χ3v) is 2.29. The molecule has 0 aromatic rings. The molecule has 1 saturated heterocycles. The van der Waals surface area contributed by atoms with Crippen LogP contribution < -0.4 is 10.6 Å². The lowest BCUT2D eigenvalue weighted by molar-refractivity contribution is -0.128. The summed E-state index contributed by atoms with van der Waals surface area (Å²) in [6.45, 7) is 0. The first kappa shape index (κ1) is 7.34. The molecule has 2 heterocycles. The molecule has 0 spiro atoms. The van der Waals surface area contributed by atoms with Gasteiger partial charge in [0.25, 0.3) is 0 Å². The van der Waals surface area contributed by atoms with Crippen molar-refractivity contribution in [2.75, 3.05) is 0 Å². The zero-order valence-electron chi connectivity index (χ0n) is 6.54. The number of carbonyl (C=O) groups excluding carboxylic acids is 2. The Morgan fingerprint density at radius 1 is 1.42 bits per heavy atom. The molecule has 2 rings (SSSR count). The van der Waals surface area contributed by atoms with E-state index < -0.39 is 0 Å². The van der Waals surface area contributed by atoms with E-state index in [1.54, 1.807) is 6.20 Å². The molecule has 0 aliphatic carbocycles. The first-order chi connectivity index (χ1) is 5.77. The molecule has 2 aliphatic heterocycles. The van der Waals surface area contributed by atoms with Crippen LogP contribution in [-0.2, 0) is 9.59 Å². The van der Waals surface area contributed by atoms with Crippen molar-refractivity contribution in [1.29, 1.82) is 0 Å². The Hall–Kier alpha value is -1.32. The number of hydrogen-bond acceptors (Lipinski definition) is 3. The van der Waals surface area contributed by atoms with Gasteiger partial charge in [-0.05, 0) is 12.5 Å². The molecule has 0 aromatic heterocycles. The summed E-state index contributed by atoms with van der Waals surface area (Å²) >= 11 is 0. The fourth-order valence-corrected chi connectivity index (χ4v) is 1.62. The summed E-state index contributed by atoms with van der Waals surface area (Å²) in [4.78, 5) is 22.2. The van der Waals surface area contributed by atoms with Gasteiger partial charge in [-0.2, -0.15) is 0 Å². The Morgan fingerprint density at radius 2 is 2.25 bits per heavy atom. The lowest BCUT2D eigenvalue weighted by Crippen LogP contribution is -2.55. The third-order valence-electron chi connectivity index (χ3n) is 2.29. The van der Waals surface area contributed by atoms with E-state index in [2.05, 4.69) is 10.6 Å². The largest absolute Gasteiger partial charge is 0.371 e. The van der Waals surface area contributed by atoms with E-state index in [9.17, 15) is 9.59 Å². The first-order valence-corrected chi connectivity index (χ1v) is 4.03. The van der Waals surface area contributed by atoms with Crippen molar-refractivity contribution in [2.24, 2.45) is 5.92 Å². The van der Waals surface area contributed by atoms with Crippen LogP contribution in [0.25, 0.3) is 0 Å². The van der Waals surface area contributed by atoms with Gasteiger partial charge >= 0.3 is 0 Å². The lowest BCUT2D eigenvalue weighted by atomic mass is 9.89. The van der Waals surface area contributed by atoms with E-state index in [-0.39, 0.29) is 23.8 Å². The SMILES string of the molecule is O=C1CCC2C(=O)C=CNC2N1. The highest BCUT2D eigenvalue weighted by atomic mass is 16.2. The average Bonchev–Trinajstić information content (AvgIpc) is 2.04. The fourth-order valence-electron chi connectivity index (χ4n) is 1.62. The molecule has 2 N–H and O–H groups in total. The second-order valence-electron chi connectivity index (χ2n) is 3.09. The Balaban J connectivity index is 2.16. The van der Waals surface area contributed by atoms with E-state index in [1.165, 1.54) is 6.08 Å². The van der Waals surface area contributed by atoms with Crippen molar-refractivity contribution in [3.8, 4) is 0 Å². The van der Waals surface area contributed by atoms with Gasteiger partial charge in [0, 0.05) is 12.6 Å². The highest BCUT2D eigenvalue weighted by Crippen LogP contribution is 2.19. The summed E-state index contributed by atoms with van der Waals surface area (Å²) in [7, 11) is 0. The minimum Gasteiger partial charge on any atom is -0.371 e. The number of allylic oxidation sites excluding steroid dienone is 1. The maximum absolute atomic E-state index is 11.3. The molecule has 2 atom stereocenters. The molecule has 0 bridgehead atoms. The van der Waals surface area contributed by atoms with Gasteiger partial charge < -0.3 is 10.6 Å². The van der Waals surface area contributed by atoms with Crippen LogP contribution in [0.1, 0.15) is 12.8 Å². The Labute approximate surface area is 70.0 Å². The predicted molar refractivity (Wildman–Crippen MR) is 41.9 cm³/mol. The minimum atomic E-state index is -0.177. The highest BCUT2D eigenvalue weighted by molar-refractivity contribution is 5.94. The smallest absolute Gasteiger partial charge is 0.221 e. The number of piperidine rings is 1. The molecule has 4 heteroatoms. The van der Waals surface area contributed by atoms with E-state index in [0.717, 1.165) is 0 Å². The predicted octanol–water partition coefficient (Wildman–Crippen LogP) is -0.475. The molecule has 2 unspecified atom stereocenters. The summed E-state index contributed by atoms with van der Waals surface area (Å²) in [6, 6.07) is 0. The number of rotatable bonds is 0. The number of nitrogens with one attached hydrogen (secondary N) is 2. The summed E-state index contributed by atoms with van der Waals surface area (Å²) < 4.78 is 0. The van der Waals surface area contributed by atoms with Crippen molar-refractivity contribution < 1.29 is 9.59 Å². The van der Waals surface area contributed by atoms with Gasteiger partial charge in [0.2, 0.25) is 5.91 Å². The van der Waals surface area contributed by atoms with Crippen LogP contribution in [0, 0.1) is 5.92 Å². The summed E-state index contributed by atoms with van der Waals surface area (Å²) in [5, 5.41) is 5.68. The molecular weight excluding hydrogens is 156 g/mol. The van der Waals surface area contributed by atoms with Crippen LogP contribution in [0.2, 0.25) is 0 Å². The lowest BCUT2D eigenvalue weighted by Gasteiger charge is -2.32. The number of amides is 1. The zero-order chi connectivity index (χ0) is 8.55. The Bertz CT molecular complexity index is 260. The maximum Gasteiger partial charge on any atom is 0.221 e. The molecule has 1 amide bonds. The monoisotopic (exact) mass is 166 g/mol.